The van der Waals surface area contributed by atoms with Gasteiger partial charge in [-0.15, -0.1) is 0 Å². The van der Waals surface area contributed by atoms with Gasteiger partial charge >= 0.3 is 6.09 Å². The first-order valence-corrected chi connectivity index (χ1v) is 13.6. The van der Waals surface area contributed by atoms with Crippen molar-refractivity contribution in [3.05, 3.63) is 35.9 Å². The van der Waals surface area contributed by atoms with Gasteiger partial charge in [0.1, 0.15) is 12.6 Å². The van der Waals surface area contributed by atoms with Crippen LogP contribution in [0.4, 0.5) is 4.79 Å². The molecule has 1 aliphatic heterocycles. The molecular formula is C19H28BrN3O4S. The minimum atomic E-state index is -1.14. The number of ether oxygens (including phenoxy) is 1. The molecule has 0 saturated carbocycles. The van der Waals surface area contributed by atoms with Gasteiger partial charge in [-0.05, 0) is 39.8 Å². The molecule has 0 aliphatic carbocycles. The van der Waals surface area contributed by atoms with Crippen LogP contribution < -0.4 is 5.32 Å². The maximum absolute atomic E-state index is 12.6. The highest BCUT2D eigenvalue weighted by atomic mass is 79.9. The molecule has 0 radical (unpaired) electrons. The van der Waals surface area contributed by atoms with E-state index < -0.39 is 14.5 Å². The number of rotatable bonds is 6. The molecule has 1 atom stereocenters. The molecule has 1 aromatic rings. The predicted octanol–water partition coefficient (Wildman–Crippen LogP) is 2.35. The monoisotopic (exact) mass is 473 g/mol. The number of hydrogen-bond donors (Lipinski definition) is 1. The van der Waals surface area contributed by atoms with Gasteiger partial charge in [-0.2, -0.15) is 8.46 Å². The number of benzene rings is 1. The third-order valence-electron chi connectivity index (χ3n) is 4.28. The summed E-state index contributed by atoms with van der Waals surface area (Å²) in [6.07, 6.45) is 3.59. The fraction of sp³-hybridized carbons (Fsp3) is 0.526. The average molecular weight is 474 g/mol. The first-order valence-electron chi connectivity index (χ1n) is 9.10. The number of piperazine rings is 1. The summed E-state index contributed by atoms with van der Waals surface area (Å²) in [5.41, 5.74) is 0.933. The van der Waals surface area contributed by atoms with E-state index in [-0.39, 0.29) is 24.5 Å². The molecule has 1 heterocycles. The second kappa shape index (κ2) is 10.2. The van der Waals surface area contributed by atoms with Gasteiger partial charge < -0.3 is 19.9 Å². The van der Waals surface area contributed by atoms with Gasteiger partial charge in [0.2, 0.25) is 11.8 Å². The van der Waals surface area contributed by atoms with Crippen LogP contribution in [0.3, 0.4) is 0 Å². The summed E-state index contributed by atoms with van der Waals surface area (Å²) >= 11 is 3.51. The van der Waals surface area contributed by atoms with E-state index in [2.05, 4.69) is 20.1 Å². The van der Waals surface area contributed by atoms with Gasteiger partial charge in [0.05, 0.1) is 5.75 Å². The molecule has 3 amide bonds. The molecule has 1 aromatic carbocycles. The number of amides is 3. The van der Waals surface area contributed by atoms with Crippen LogP contribution in [-0.2, 0) is 20.9 Å². The summed E-state index contributed by atoms with van der Waals surface area (Å²) in [4.78, 5) is 40.1. The Hall–Kier alpha value is -1.74. The number of nitrogens with one attached hydrogen (secondary N) is 1. The lowest BCUT2D eigenvalue weighted by molar-refractivity contribution is -0.136. The van der Waals surface area contributed by atoms with E-state index in [4.69, 9.17) is 4.74 Å². The Morgan fingerprint density at radius 1 is 1.11 bits per heavy atom. The molecule has 0 spiro atoms. The lowest BCUT2D eigenvalue weighted by Gasteiger charge is -2.35. The molecule has 1 N–H and O–H groups in total. The summed E-state index contributed by atoms with van der Waals surface area (Å²) in [7, 11) is -1.14. The minimum Gasteiger partial charge on any atom is -0.445 e. The predicted molar refractivity (Wildman–Crippen MR) is 116 cm³/mol. The van der Waals surface area contributed by atoms with E-state index in [1.165, 1.54) is 0 Å². The second-order valence-electron chi connectivity index (χ2n) is 7.19. The normalized spacial score (nSPS) is 16.3. The molecule has 1 aliphatic rings. The first kappa shape index (κ1) is 22.5. The molecule has 0 bridgehead atoms. The van der Waals surface area contributed by atoms with Gasteiger partial charge in [-0.3, -0.25) is 9.59 Å². The van der Waals surface area contributed by atoms with Gasteiger partial charge in [0.15, 0.2) is 0 Å². The standard InChI is InChI=1S/C19H28BrN3O4S/c1-15(21-17(24)14-28(2,3)20)18(25)22-9-11-23(12-10-22)19(26)27-13-16-7-5-4-6-8-16/h4-8,15H,9-14H2,1-3H3,(H,21,24)/t15-/m0/s1. The third-order valence-corrected chi connectivity index (χ3v) is 5.91. The van der Waals surface area contributed by atoms with Gasteiger partial charge in [-0.25, -0.2) is 4.79 Å². The van der Waals surface area contributed by atoms with Crippen molar-refractivity contribution in [2.75, 3.05) is 44.4 Å². The third kappa shape index (κ3) is 7.35. The largest absolute Gasteiger partial charge is 0.445 e. The fourth-order valence-corrected chi connectivity index (χ4v) is 4.18. The van der Waals surface area contributed by atoms with Crippen molar-refractivity contribution < 1.29 is 19.1 Å². The van der Waals surface area contributed by atoms with E-state index >= 15 is 0 Å². The van der Waals surface area contributed by atoms with Crippen LogP contribution in [0.2, 0.25) is 0 Å². The summed E-state index contributed by atoms with van der Waals surface area (Å²) in [5, 5.41) is 2.76. The van der Waals surface area contributed by atoms with Crippen LogP contribution in [0.25, 0.3) is 0 Å². The van der Waals surface area contributed by atoms with Crippen molar-refractivity contribution in [3.63, 3.8) is 0 Å². The molecule has 7 nitrogen and oxygen atoms in total. The second-order valence-corrected chi connectivity index (χ2v) is 15.5. The molecule has 28 heavy (non-hydrogen) atoms. The lowest BCUT2D eigenvalue weighted by atomic mass is 10.2. The molecule has 1 saturated heterocycles. The smallest absolute Gasteiger partial charge is 0.410 e. The number of nitrogens with zero attached hydrogens (tertiary/aromatic N) is 2. The fourth-order valence-electron chi connectivity index (χ4n) is 2.85. The van der Waals surface area contributed by atoms with E-state index in [1.807, 2.05) is 42.8 Å². The zero-order valence-corrected chi connectivity index (χ0v) is 18.9. The van der Waals surface area contributed by atoms with E-state index in [0.717, 1.165) is 5.56 Å². The van der Waals surface area contributed by atoms with Gasteiger partial charge in [0.25, 0.3) is 0 Å². The number of halogens is 1. The average Bonchev–Trinajstić information content (AvgIpc) is 2.64. The quantitative estimate of drug-likeness (QED) is 0.687. The van der Waals surface area contributed by atoms with Crippen LogP contribution in [-0.4, -0.2) is 78.2 Å². The van der Waals surface area contributed by atoms with E-state index in [0.29, 0.717) is 31.9 Å². The molecule has 156 valence electrons. The maximum atomic E-state index is 12.6. The molecule has 1 fully saturated rings. The highest BCUT2D eigenvalue weighted by Crippen LogP contribution is 2.47. The van der Waals surface area contributed by atoms with Crippen molar-refractivity contribution in [3.8, 4) is 0 Å². The molecule has 0 unspecified atom stereocenters. The van der Waals surface area contributed by atoms with Crippen LogP contribution in [0.15, 0.2) is 30.3 Å². The summed E-state index contributed by atoms with van der Waals surface area (Å²) in [6, 6.07) is 8.92. The zero-order valence-electron chi connectivity index (χ0n) is 16.5. The summed E-state index contributed by atoms with van der Waals surface area (Å²) < 4.78 is 5.33. The maximum Gasteiger partial charge on any atom is 0.410 e. The number of hydrogen-bond acceptors (Lipinski definition) is 4. The lowest BCUT2D eigenvalue weighted by Crippen LogP contribution is -2.55. The van der Waals surface area contributed by atoms with Crippen LogP contribution in [0, 0.1) is 0 Å². The van der Waals surface area contributed by atoms with Crippen molar-refractivity contribution >= 4 is 41.2 Å². The Kier molecular flexibility index (Phi) is 8.18. The summed E-state index contributed by atoms with van der Waals surface area (Å²) in [6.45, 7) is 3.60. The van der Waals surface area contributed by atoms with Gasteiger partial charge in [-0.1, -0.05) is 30.3 Å². The number of carbonyl (C=O) groups is 3. The van der Waals surface area contributed by atoms with Crippen LogP contribution >= 0.6 is 23.3 Å². The topological polar surface area (TPSA) is 79.0 Å². The van der Waals surface area contributed by atoms with Crippen LogP contribution in [0.5, 0.6) is 0 Å². The highest BCUT2D eigenvalue weighted by molar-refractivity contribution is 9.58. The van der Waals surface area contributed by atoms with E-state index in [1.54, 1.807) is 16.7 Å². The van der Waals surface area contributed by atoms with Gasteiger partial charge in [0, 0.05) is 26.2 Å². The Labute approximate surface area is 175 Å². The van der Waals surface area contributed by atoms with E-state index in [9.17, 15) is 14.4 Å². The van der Waals surface area contributed by atoms with Crippen LogP contribution in [0.1, 0.15) is 12.5 Å². The highest BCUT2D eigenvalue weighted by Gasteiger charge is 2.28. The zero-order chi connectivity index (χ0) is 20.7. The van der Waals surface area contributed by atoms with Crippen molar-refractivity contribution in [1.82, 2.24) is 15.1 Å². The minimum absolute atomic E-state index is 0.131. The Balaban J connectivity index is 1.75. The molecule has 0 aromatic heterocycles. The van der Waals surface area contributed by atoms with Crippen molar-refractivity contribution in [2.24, 2.45) is 0 Å². The number of carbonyl (C=O) groups excluding carboxylic acids is 3. The molecule has 9 heteroatoms. The SMILES string of the molecule is C[C@H](NC(=O)CS(C)(C)Br)C(=O)N1CCN(C(=O)OCc2ccccc2)CC1. The van der Waals surface area contributed by atoms with Crippen molar-refractivity contribution in [2.45, 2.75) is 19.6 Å². The molecule has 2 rings (SSSR count). The Bertz CT molecular complexity index is 688. The Morgan fingerprint density at radius 2 is 1.68 bits per heavy atom. The summed E-state index contributed by atoms with van der Waals surface area (Å²) in [5.74, 6) is 0.0972. The Morgan fingerprint density at radius 3 is 2.25 bits per heavy atom. The molecular weight excluding hydrogens is 446 g/mol. The van der Waals surface area contributed by atoms with Crippen molar-refractivity contribution in [1.29, 1.82) is 0 Å². The first-order chi connectivity index (χ1) is 13.2.